The molecule has 2 fully saturated rings. The van der Waals surface area contributed by atoms with Crippen LogP contribution in [0, 0.1) is 5.92 Å². The van der Waals surface area contributed by atoms with Gasteiger partial charge in [-0.3, -0.25) is 9.59 Å². The number of benzene rings is 1. The molecule has 0 aromatic heterocycles. The topological polar surface area (TPSA) is 61.4 Å². The SMILES string of the molecule is O=C(N[C@H](/C=C/C(=O)N1Cc2ccccc2C1)C1CC1)[C@@H]1CCN1. The Morgan fingerprint density at radius 2 is 1.83 bits per heavy atom. The molecule has 5 nitrogen and oxygen atoms in total. The van der Waals surface area contributed by atoms with Gasteiger partial charge in [0, 0.05) is 19.2 Å². The van der Waals surface area contributed by atoms with Crippen LogP contribution in [0.5, 0.6) is 0 Å². The number of carbonyl (C=O) groups excluding carboxylic acids is 2. The first-order valence-electron chi connectivity index (χ1n) is 8.78. The monoisotopic (exact) mass is 325 g/mol. The van der Waals surface area contributed by atoms with Crippen molar-refractivity contribution in [3.05, 3.63) is 47.5 Å². The predicted molar refractivity (Wildman–Crippen MR) is 90.9 cm³/mol. The highest BCUT2D eigenvalue weighted by molar-refractivity contribution is 5.88. The number of hydrogen-bond acceptors (Lipinski definition) is 3. The molecule has 2 N–H and O–H groups in total. The minimum Gasteiger partial charge on any atom is -0.348 e. The molecule has 4 rings (SSSR count). The largest absolute Gasteiger partial charge is 0.348 e. The van der Waals surface area contributed by atoms with Crippen molar-refractivity contribution in [2.24, 2.45) is 5.92 Å². The summed E-state index contributed by atoms with van der Waals surface area (Å²) in [6, 6.07) is 8.10. The zero-order valence-electron chi connectivity index (χ0n) is 13.7. The Bertz CT molecular complexity index is 652. The Kier molecular flexibility index (Phi) is 4.10. The van der Waals surface area contributed by atoms with Crippen molar-refractivity contribution in [1.82, 2.24) is 15.5 Å². The number of hydrogen-bond donors (Lipinski definition) is 2. The van der Waals surface area contributed by atoms with Gasteiger partial charge in [0.1, 0.15) is 0 Å². The lowest BCUT2D eigenvalue weighted by Crippen LogP contribution is -2.55. The summed E-state index contributed by atoms with van der Waals surface area (Å²) in [5, 5.41) is 6.20. The fraction of sp³-hybridized carbons (Fsp3) is 0.474. The summed E-state index contributed by atoms with van der Waals surface area (Å²) in [6.07, 6.45) is 6.67. The molecule has 0 bridgehead atoms. The van der Waals surface area contributed by atoms with Crippen molar-refractivity contribution in [3.63, 3.8) is 0 Å². The van der Waals surface area contributed by atoms with Crippen LogP contribution in [0.3, 0.4) is 0 Å². The summed E-state index contributed by atoms with van der Waals surface area (Å²) in [4.78, 5) is 26.4. The van der Waals surface area contributed by atoms with E-state index in [2.05, 4.69) is 22.8 Å². The van der Waals surface area contributed by atoms with Crippen molar-refractivity contribution < 1.29 is 9.59 Å². The van der Waals surface area contributed by atoms with E-state index in [1.807, 2.05) is 23.1 Å². The quantitative estimate of drug-likeness (QED) is 0.803. The first-order valence-corrected chi connectivity index (χ1v) is 8.78. The number of nitrogens with one attached hydrogen (secondary N) is 2. The number of fused-ring (bicyclic) bond motifs is 1. The summed E-state index contributed by atoms with van der Waals surface area (Å²) >= 11 is 0. The van der Waals surface area contributed by atoms with Gasteiger partial charge in [0.15, 0.2) is 0 Å². The summed E-state index contributed by atoms with van der Waals surface area (Å²) in [5.74, 6) is 0.561. The zero-order valence-corrected chi connectivity index (χ0v) is 13.7. The normalized spacial score (nSPS) is 23.7. The Morgan fingerprint density at radius 1 is 1.17 bits per heavy atom. The third-order valence-electron chi connectivity index (χ3n) is 5.18. The second-order valence-corrected chi connectivity index (χ2v) is 6.99. The van der Waals surface area contributed by atoms with Crippen LogP contribution >= 0.6 is 0 Å². The average molecular weight is 325 g/mol. The molecule has 1 saturated heterocycles. The first kappa shape index (κ1) is 15.4. The Balaban J connectivity index is 1.36. The van der Waals surface area contributed by atoms with Crippen molar-refractivity contribution in [2.45, 2.75) is 44.4 Å². The van der Waals surface area contributed by atoms with Gasteiger partial charge in [-0.2, -0.15) is 0 Å². The number of rotatable bonds is 5. The van der Waals surface area contributed by atoms with Gasteiger partial charge < -0.3 is 15.5 Å². The maximum absolute atomic E-state index is 12.5. The minimum absolute atomic E-state index is 0.0196. The van der Waals surface area contributed by atoms with E-state index in [4.69, 9.17) is 0 Å². The summed E-state index contributed by atoms with van der Waals surface area (Å²) < 4.78 is 0. The molecule has 3 aliphatic rings. The lowest BCUT2D eigenvalue weighted by molar-refractivity contribution is -0.127. The molecular formula is C19H23N3O2. The fourth-order valence-corrected chi connectivity index (χ4v) is 3.34. The third kappa shape index (κ3) is 3.22. The Hall–Kier alpha value is -2.14. The van der Waals surface area contributed by atoms with Crippen LogP contribution in [0.1, 0.15) is 30.4 Å². The number of carbonyl (C=O) groups is 2. The smallest absolute Gasteiger partial charge is 0.246 e. The average Bonchev–Trinajstić information content (AvgIpc) is 3.27. The van der Waals surface area contributed by atoms with E-state index >= 15 is 0 Å². The van der Waals surface area contributed by atoms with E-state index in [0.29, 0.717) is 19.0 Å². The first-order chi connectivity index (χ1) is 11.7. The molecular weight excluding hydrogens is 302 g/mol. The molecule has 24 heavy (non-hydrogen) atoms. The van der Waals surface area contributed by atoms with Gasteiger partial charge in [-0.1, -0.05) is 30.3 Å². The summed E-state index contributed by atoms with van der Waals surface area (Å²) in [7, 11) is 0. The van der Waals surface area contributed by atoms with Crippen molar-refractivity contribution in [1.29, 1.82) is 0 Å². The second-order valence-electron chi connectivity index (χ2n) is 6.99. The highest BCUT2D eigenvalue weighted by Crippen LogP contribution is 2.33. The van der Waals surface area contributed by atoms with Crippen molar-refractivity contribution in [3.8, 4) is 0 Å². The van der Waals surface area contributed by atoms with Gasteiger partial charge in [0.25, 0.3) is 0 Å². The second kappa shape index (κ2) is 6.40. The van der Waals surface area contributed by atoms with Crippen LogP contribution < -0.4 is 10.6 Å². The highest BCUT2D eigenvalue weighted by atomic mass is 16.2. The Labute approximate surface area is 142 Å². The van der Waals surface area contributed by atoms with E-state index in [9.17, 15) is 9.59 Å². The van der Waals surface area contributed by atoms with Gasteiger partial charge in [-0.15, -0.1) is 0 Å². The van der Waals surface area contributed by atoms with Gasteiger partial charge in [-0.25, -0.2) is 0 Å². The number of amides is 2. The van der Waals surface area contributed by atoms with Crippen molar-refractivity contribution in [2.75, 3.05) is 6.54 Å². The van der Waals surface area contributed by atoms with Gasteiger partial charge in [0.2, 0.25) is 11.8 Å². The van der Waals surface area contributed by atoms with Crippen LogP contribution in [-0.2, 0) is 22.7 Å². The molecule has 5 heteroatoms. The lowest BCUT2D eigenvalue weighted by Gasteiger charge is -2.28. The van der Waals surface area contributed by atoms with E-state index in [-0.39, 0.29) is 23.9 Å². The maximum Gasteiger partial charge on any atom is 0.246 e. The predicted octanol–water partition coefficient (Wildman–Crippen LogP) is 1.34. The molecule has 2 atom stereocenters. The van der Waals surface area contributed by atoms with E-state index in [0.717, 1.165) is 25.8 Å². The molecule has 0 unspecified atom stereocenters. The van der Waals surface area contributed by atoms with Crippen LogP contribution in [0.25, 0.3) is 0 Å². The maximum atomic E-state index is 12.5. The van der Waals surface area contributed by atoms with Gasteiger partial charge in [-0.05, 0) is 42.9 Å². The van der Waals surface area contributed by atoms with E-state index in [1.165, 1.54) is 11.1 Å². The van der Waals surface area contributed by atoms with Crippen LogP contribution in [-0.4, -0.2) is 35.3 Å². The molecule has 2 heterocycles. The van der Waals surface area contributed by atoms with Crippen LogP contribution in [0.2, 0.25) is 0 Å². The lowest BCUT2D eigenvalue weighted by atomic mass is 10.1. The summed E-state index contributed by atoms with van der Waals surface area (Å²) in [6.45, 7) is 2.26. The summed E-state index contributed by atoms with van der Waals surface area (Å²) in [5.41, 5.74) is 2.45. The van der Waals surface area contributed by atoms with Crippen LogP contribution in [0.4, 0.5) is 0 Å². The molecule has 2 amide bonds. The highest BCUT2D eigenvalue weighted by Gasteiger charge is 2.33. The third-order valence-corrected chi connectivity index (χ3v) is 5.18. The molecule has 1 aromatic carbocycles. The van der Waals surface area contributed by atoms with Gasteiger partial charge >= 0.3 is 0 Å². The number of nitrogens with zero attached hydrogens (tertiary/aromatic N) is 1. The van der Waals surface area contributed by atoms with E-state index < -0.39 is 0 Å². The molecule has 2 aliphatic heterocycles. The molecule has 1 saturated carbocycles. The van der Waals surface area contributed by atoms with E-state index in [1.54, 1.807) is 6.08 Å². The zero-order chi connectivity index (χ0) is 16.5. The minimum atomic E-state index is -0.0524. The fourth-order valence-electron chi connectivity index (χ4n) is 3.34. The molecule has 1 aliphatic carbocycles. The standard InChI is InChI=1S/C19H23N3O2/c23-18(22-11-14-3-1-2-4-15(14)12-22)8-7-16(13-5-6-13)21-19(24)17-9-10-20-17/h1-4,7-8,13,16-17,20H,5-6,9-12H2,(H,21,24)/b8-7+/t16-,17+/m1/s1. The molecule has 0 spiro atoms. The molecule has 126 valence electrons. The molecule has 0 radical (unpaired) electrons. The van der Waals surface area contributed by atoms with Crippen molar-refractivity contribution >= 4 is 11.8 Å². The van der Waals surface area contributed by atoms with Gasteiger partial charge in [0.05, 0.1) is 12.1 Å². The Morgan fingerprint density at radius 3 is 2.38 bits per heavy atom. The molecule has 1 aromatic rings. The van der Waals surface area contributed by atoms with Crippen LogP contribution in [0.15, 0.2) is 36.4 Å².